The molecule has 0 amide bonds. The smallest absolute Gasteiger partial charge is 0.216 e. The van der Waals surface area contributed by atoms with Crippen LogP contribution in [-0.2, 0) is 0 Å². The Hall–Kier alpha value is -1.64. The lowest BCUT2D eigenvalue weighted by Gasteiger charge is -2.25. The van der Waals surface area contributed by atoms with Crippen molar-refractivity contribution in [3.05, 3.63) is 35.5 Å². The molecule has 0 aliphatic heterocycles. The summed E-state index contributed by atoms with van der Waals surface area (Å²) < 4.78 is 5.79. The van der Waals surface area contributed by atoms with Crippen LogP contribution in [0.25, 0.3) is 0 Å². The van der Waals surface area contributed by atoms with Gasteiger partial charge in [-0.1, -0.05) is 19.1 Å². The van der Waals surface area contributed by atoms with Crippen molar-refractivity contribution in [2.45, 2.75) is 26.7 Å². The lowest BCUT2D eigenvalue weighted by atomic mass is 9.85. The number of ether oxygens (including phenoxy) is 1. The number of carbonyl (C=O) groups is 1. The summed E-state index contributed by atoms with van der Waals surface area (Å²) in [5.74, 6) is 1.86. The highest BCUT2D eigenvalue weighted by Crippen LogP contribution is 2.26. The van der Waals surface area contributed by atoms with Gasteiger partial charge in [0.05, 0.1) is 6.61 Å². The zero-order chi connectivity index (χ0) is 13.0. The average molecular weight is 245 g/mol. The standard InChI is InChI=1S/C15H19NO2/c1-11-5-3-4-6-14(11)10-18-15-12(2)7-13(9-17)8-16-15/h3-4,7-9,11,14H,5-6,10H2,1-2H3. The van der Waals surface area contributed by atoms with Crippen molar-refractivity contribution in [1.82, 2.24) is 4.98 Å². The summed E-state index contributed by atoms with van der Waals surface area (Å²) in [5.41, 5.74) is 1.51. The van der Waals surface area contributed by atoms with E-state index in [0.717, 1.165) is 24.7 Å². The van der Waals surface area contributed by atoms with Crippen molar-refractivity contribution < 1.29 is 9.53 Å². The number of aryl methyl sites for hydroxylation is 1. The van der Waals surface area contributed by atoms with E-state index in [-0.39, 0.29) is 0 Å². The second-order valence-corrected chi connectivity index (χ2v) is 5.00. The molecule has 96 valence electrons. The summed E-state index contributed by atoms with van der Waals surface area (Å²) in [6.45, 7) is 4.87. The Morgan fingerprint density at radius 2 is 2.22 bits per heavy atom. The largest absolute Gasteiger partial charge is 0.477 e. The van der Waals surface area contributed by atoms with E-state index in [2.05, 4.69) is 24.1 Å². The molecule has 1 aliphatic rings. The molecule has 18 heavy (non-hydrogen) atoms. The summed E-state index contributed by atoms with van der Waals surface area (Å²) in [6.07, 6.45) is 9.03. The Labute approximate surface area is 108 Å². The van der Waals surface area contributed by atoms with Gasteiger partial charge in [0.25, 0.3) is 0 Å². The molecule has 3 nitrogen and oxygen atoms in total. The molecule has 1 aliphatic carbocycles. The molecular weight excluding hydrogens is 226 g/mol. The van der Waals surface area contributed by atoms with E-state index in [0.29, 0.717) is 29.9 Å². The summed E-state index contributed by atoms with van der Waals surface area (Å²) >= 11 is 0. The SMILES string of the molecule is Cc1cc(C=O)cnc1OCC1CC=CCC1C. The highest BCUT2D eigenvalue weighted by atomic mass is 16.5. The van der Waals surface area contributed by atoms with Crippen LogP contribution in [0.5, 0.6) is 5.88 Å². The molecule has 1 aromatic rings. The van der Waals surface area contributed by atoms with Crippen molar-refractivity contribution in [3.63, 3.8) is 0 Å². The first kappa shape index (κ1) is 12.8. The predicted octanol–water partition coefficient (Wildman–Crippen LogP) is 3.18. The van der Waals surface area contributed by atoms with E-state index < -0.39 is 0 Å². The number of aldehydes is 1. The number of allylic oxidation sites excluding steroid dienone is 2. The summed E-state index contributed by atoms with van der Waals surface area (Å²) in [4.78, 5) is 14.8. The predicted molar refractivity (Wildman–Crippen MR) is 70.9 cm³/mol. The molecule has 0 aromatic carbocycles. The number of carbonyl (C=O) groups excluding carboxylic acids is 1. The molecule has 0 saturated heterocycles. The Kier molecular flexibility index (Phi) is 4.13. The van der Waals surface area contributed by atoms with Crippen LogP contribution in [-0.4, -0.2) is 17.9 Å². The van der Waals surface area contributed by atoms with Crippen molar-refractivity contribution in [2.24, 2.45) is 11.8 Å². The van der Waals surface area contributed by atoms with Crippen molar-refractivity contribution >= 4 is 6.29 Å². The molecule has 2 unspecified atom stereocenters. The fourth-order valence-electron chi connectivity index (χ4n) is 2.22. The highest BCUT2D eigenvalue weighted by molar-refractivity contribution is 5.74. The van der Waals surface area contributed by atoms with Crippen LogP contribution < -0.4 is 4.74 Å². The zero-order valence-electron chi connectivity index (χ0n) is 10.9. The van der Waals surface area contributed by atoms with E-state index >= 15 is 0 Å². The quantitative estimate of drug-likeness (QED) is 0.604. The van der Waals surface area contributed by atoms with Gasteiger partial charge in [0.15, 0.2) is 6.29 Å². The minimum Gasteiger partial charge on any atom is -0.477 e. The zero-order valence-corrected chi connectivity index (χ0v) is 10.9. The van der Waals surface area contributed by atoms with Gasteiger partial charge in [0.2, 0.25) is 5.88 Å². The third-order valence-corrected chi connectivity index (χ3v) is 3.54. The first-order chi connectivity index (χ1) is 8.70. The number of hydrogen-bond donors (Lipinski definition) is 0. The van der Waals surface area contributed by atoms with Crippen molar-refractivity contribution in [3.8, 4) is 5.88 Å². The number of hydrogen-bond acceptors (Lipinski definition) is 3. The molecule has 2 atom stereocenters. The van der Waals surface area contributed by atoms with Crippen molar-refractivity contribution in [2.75, 3.05) is 6.61 Å². The lowest BCUT2D eigenvalue weighted by Crippen LogP contribution is -2.21. The third kappa shape index (κ3) is 2.97. The Morgan fingerprint density at radius 3 is 2.89 bits per heavy atom. The van der Waals surface area contributed by atoms with Crippen LogP contribution in [0.15, 0.2) is 24.4 Å². The minimum absolute atomic E-state index is 0.557. The van der Waals surface area contributed by atoms with Gasteiger partial charge in [-0.25, -0.2) is 4.98 Å². The Balaban J connectivity index is 1.97. The number of nitrogens with zero attached hydrogens (tertiary/aromatic N) is 1. The molecule has 0 fully saturated rings. The highest BCUT2D eigenvalue weighted by Gasteiger charge is 2.19. The van der Waals surface area contributed by atoms with Crippen LogP contribution in [0.3, 0.4) is 0 Å². The maximum absolute atomic E-state index is 10.6. The van der Waals surface area contributed by atoms with Gasteiger partial charge in [-0.2, -0.15) is 0 Å². The Morgan fingerprint density at radius 1 is 1.44 bits per heavy atom. The van der Waals surface area contributed by atoms with Gasteiger partial charge in [-0.05, 0) is 37.7 Å². The summed E-state index contributed by atoms with van der Waals surface area (Å²) in [7, 11) is 0. The Bertz CT molecular complexity index is 454. The van der Waals surface area contributed by atoms with Crippen LogP contribution in [0, 0.1) is 18.8 Å². The monoisotopic (exact) mass is 245 g/mol. The topological polar surface area (TPSA) is 39.2 Å². The van der Waals surface area contributed by atoms with Gasteiger partial charge < -0.3 is 4.74 Å². The summed E-state index contributed by atoms with van der Waals surface area (Å²) in [5, 5.41) is 0. The molecule has 1 heterocycles. The molecule has 1 aromatic heterocycles. The van der Waals surface area contributed by atoms with E-state index in [9.17, 15) is 4.79 Å². The molecule has 0 bridgehead atoms. The molecule has 3 heteroatoms. The van der Waals surface area contributed by atoms with E-state index in [1.807, 2.05) is 6.92 Å². The van der Waals surface area contributed by atoms with Gasteiger partial charge in [0.1, 0.15) is 0 Å². The maximum Gasteiger partial charge on any atom is 0.216 e. The van der Waals surface area contributed by atoms with Crippen molar-refractivity contribution in [1.29, 1.82) is 0 Å². The molecule has 0 spiro atoms. The van der Waals surface area contributed by atoms with Crippen LogP contribution in [0.1, 0.15) is 35.7 Å². The fourth-order valence-corrected chi connectivity index (χ4v) is 2.22. The number of aromatic nitrogens is 1. The third-order valence-electron chi connectivity index (χ3n) is 3.54. The van der Waals surface area contributed by atoms with Gasteiger partial charge >= 0.3 is 0 Å². The second kappa shape index (κ2) is 5.80. The average Bonchev–Trinajstić information content (AvgIpc) is 2.39. The van der Waals surface area contributed by atoms with E-state index in [1.165, 1.54) is 0 Å². The number of rotatable bonds is 4. The lowest BCUT2D eigenvalue weighted by molar-refractivity contribution is 0.112. The molecular formula is C15H19NO2. The first-order valence-electron chi connectivity index (χ1n) is 6.40. The van der Waals surface area contributed by atoms with Crippen LogP contribution >= 0.6 is 0 Å². The molecule has 0 N–H and O–H groups in total. The van der Waals surface area contributed by atoms with Gasteiger partial charge in [-0.15, -0.1) is 0 Å². The normalized spacial score (nSPS) is 22.8. The van der Waals surface area contributed by atoms with Crippen LogP contribution in [0.2, 0.25) is 0 Å². The minimum atomic E-state index is 0.557. The molecule has 2 rings (SSSR count). The number of pyridine rings is 1. The van der Waals surface area contributed by atoms with Crippen LogP contribution in [0.4, 0.5) is 0 Å². The fraction of sp³-hybridized carbons (Fsp3) is 0.467. The summed E-state index contributed by atoms with van der Waals surface area (Å²) in [6, 6.07) is 1.81. The van der Waals surface area contributed by atoms with Gasteiger partial charge in [-0.3, -0.25) is 4.79 Å². The van der Waals surface area contributed by atoms with E-state index in [4.69, 9.17) is 4.74 Å². The second-order valence-electron chi connectivity index (χ2n) is 5.00. The van der Waals surface area contributed by atoms with Gasteiger partial charge in [0, 0.05) is 17.3 Å². The van der Waals surface area contributed by atoms with E-state index in [1.54, 1.807) is 12.3 Å². The molecule has 0 radical (unpaired) electrons. The maximum atomic E-state index is 10.6. The molecule has 0 saturated carbocycles. The first-order valence-corrected chi connectivity index (χ1v) is 6.40.